The van der Waals surface area contributed by atoms with Gasteiger partial charge in [0.1, 0.15) is 10.7 Å². The third-order valence-corrected chi connectivity index (χ3v) is 4.71. The van der Waals surface area contributed by atoms with Gasteiger partial charge in [-0.25, -0.2) is 12.8 Å². The van der Waals surface area contributed by atoms with Gasteiger partial charge in [-0.15, -0.1) is 0 Å². The summed E-state index contributed by atoms with van der Waals surface area (Å²) in [6.07, 6.45) is 1.48. The Balaban J connectivity index is 2.50. The number of hydrogen-bond acceptors (Lipinski definition) is 4. The minimum absolute atomic E-state index is 0.00634. The van der Waals surface area contributed by atoms with Crippen molar-refractivity contribution in [3.05, 3.63) is 54.1 Å². The van der Waals surface area contributed by atoms with Gasteiger partial charge >= 0.3 is 0 Å². The molecule has 0 aliphatic heterocycles. The maximum absolute atomic E-state index is 13.2. The summed E-state index contributed by atoms with van der Waals surface area (Å²) in [4.78, 5) is 3.97. The summed E-state index contributed by atoms with van der Waals surface area (Å²) >= 11 is 0. The molecule has 0 unspecified atom stereocenters. The van der Waals surface area contributed by atoms with Crippen molar-refractivity contribution < 1.29 is 12.8 Å². The number of anilines is 1. The largest absolute Gasteiger partial charge is 0.325 e. The van der Waals surface area contributed by atoms with Gasteiger partial charge in [0.25, 0.3) is 10.0 Å². The zero-order chi connectivity index (χ0) is 14.8. The molecule has 20 heavy (non-hydrogen) atoms. The van der Waals surface area contributed by atoms with Crippen molar-refractivity contribution in [3.63, 3.8) is 0 Å². The van der Waals surface area contributed by atoms with Gasteiger partial charge < -0.3 is 5.73 Å². The number of sulfonamides is 1. The van der Waals surface area contributed by atoms with E-state index in [0.29, 0.717) is 0 Å². The number of benzene rings is 1. The molecular formula is C13H14FN3O2S. The lowest BCUT2D eigenvalue weighted by molar-refractivity contribution is 0.592. The van der Waals surface area contributed by atoms with Crippen molar-refractivity contribution in [2.75, 3.05) is 11.4 Å². The van der Waals surface area contributed by atoms with Crippen LogP contribution in [0, 0.1) is 5.82 Å². The van der Waals surface area contributed by atoms with Gasteiger partial charge in [-0.3, -0.25) is 9.29 Å². The molecule has 0 atom stereocenters. The molecule has 0 radical (unpaired) electrons. The molecule has 0 saturated carbocycles. The molecule has 0 bridgehead atoms. The van der Waals surface area contributed by atoms with Crippen molar-refractivity contribution in [1.29, 1.82) is 0 Å². The van der Waals surface area contributed by atoms with Gasteiger partial charge in [0.15, 0.2) is 0 Å². The molecule has 1 heterocycles. The maximum atomic E-state index is 13.2. The van der Waals surface area contributed by atoms with Crippen LogP contribution in [0.15, 0.2) is 47.5 Å². The van der Waals surface area contributed by atoms with Crippen molar-refractivity contribution in [1.82, 2.24) is 4.98 Å². The first-order valence-electron chi connectivity index (χ1n) is 5.85. The summed E-state index contributed by atoms with van der Waals surface area (Å²) in [5.74, 6) is -0.505. The Morgan fingerprint density at radius 3 is 2.70 bits per heavy atom. The third kappa shape index (κ3) is 2.63. The molecule has 1 aromatic carbocycles. The van der Waals surface area contributed by atoms with Crippen LogP contribution in [0.1, 0.15) is 5.69 Å². The summed E-state index contributed by atoms with van der Waals surface area (Å²) in [6.45, 7) is 0.00634. The lowest BCUT2D eigenvalue weighted by Crippen LogP contribution is -2.28. The van der Waals surface area contributed by atoms with Crippen molar-refractivity contribution in [3.8, 4) is 0 Å². The van der Waals surface area contributed by atoms with E-state index in [0.717, 1.165) is 10.4 Å². The van der Waals surface area contributed by atoms with Crippen LogP contribution in [0.25, 0.3) is 0 Å². The number of hydrogen-bond donors (Lipinski definition) is 1. The average Bonchev–Trinajstić information content (AvgIpc) is 2.46. The molecule has 0 fully saturated rings. The second kappa shape index (κ2) is 5.56. The van der Waals surface area contributed by atoms with Crippen LogP contribution in [0.2, 0.25) is 0 Å². The van der Waals surface area contributed by atoms with Gasteiger partial charge in [-0.2, -0.15) is 0 Å². The number of nitrogens with zero attached hydrogens (tertiary/aromatic N) is 2. The second-order valence-corrected chi connectivity index (χ2v) is 6.04. The maximum Gasteiger partial charge on any atom is 0.265 e. The number of nitrogens with two attached hydrogens (primary N) is 1. The third-order valence-electron chi connectivity index (χ3n) is 2.85. The summed E-state index contributed by atoms with van der Waals surface area (Å²) < 4.78 is 39.3. The molecule has 7 heteroatoms. The molecule has 2 aromatic rings. The molecule has 0 saturated heterocycles. The molecule has 2 rings (SSSR count). The fourth-order valence-electron chi connectivity index (χ4n) is 1.77. The van der Waals surface area contributed by atoms with Crippen molar-refractivity contribution >= 4 is 15.7 Å². The Kier molecular flexibility index (Phi) is 4.01. The van der Waals surface area contributed by atoms with Gasteiger partial charge in [-0.1, -0.05) is 6.07 Å². The second-order valence-electron chi connectivity index (χ2n) is 4.10. The van der Waals surface area contributed by atoms with Crippen LogP contribution in [-0.4, -0.2) is 20.4 Å². The Hall–Kier alpha value is -1.99. The van der Waals surface area contributed by atoms with Crippen LogP contribution >= 0.6 is 0 Å². The van der Waals surface area contributed by atoms with E-state index in [1.165, 1.54) is 43.6 Å². The van der Waals surface area contributed by atoms with E-state index >= 15 is 0 Å². The number of aromatic nitrogens is 1. The lowest BCUT2D eigenvalue weighted by Gasteiger charge is -2.20. The number of halogens is 1. The summed E-state index contributed by atoms with van der Waals surface area (Å²) in [7, 11) is -2.47. The SMILES string of the molecule is CN(c1cccc(F)c1)S(=O)(=O)c1cccnc1CN. The van der Waals surface area contributed by atoms with E-state index in [-0.39, 0.29) is 22.8 Å². The molecule has 0 amide bonds. The first-order valence-corrected chi connectivity index (χ1v) is 7.29. The summed E-state index contributed by atoms with van der Waals surface area (Å²) in [5.41, 5.74) is 6.01. The Morgan fingerprint density at radius 1 is 1.30 bits per heavy atom. The average molecular weight is 295 g/mol. The van der Waals surface area contributed by atoms with Crippen LogP contribution in [0.3, 0.4) is 0 Å². The van der Waals surface area contributed by atoms with Crippen molar-refractivity contribution in [2.24, 2.45) is 5.73 Å². The number of rotatable bonds is 4. The minimum Gasteiger partial charge on any atom is -0.325 e. The normalized spacial score (nSPS) is 11.3. The standard InChI is InChI=1S/C13H14FN3O2S/c1-17(11-5-2-4-10(14)8-11)20(18,19)13-6-3-7-16-12(13)9-15/h2-8H,9,15H2,1H3. The molecule has 2 N–H and O–H groups in total. The van der Waals surface area contributed by atoms with Gasteiger partial charge in [0, 0.05) is 19.8 Å². The quantitative estimate of drug-likeness (QED) is 0.927. The Bertz CT molecular complexity index is 719. The van der Waals surface area contributed by atoms with E-state index < -0.39 is 15.8 Å². The highest BCUT2D eigenvalue weighted by atomic mass is 32.2. The highest BCUT2D eigenvalue weighted by molar-refractivity contribution is 7.92. The first kappa shape index (κ1) is 14.4. The highest BCUT2D eigenvalue weighted by Gasteiger charge is 2.24. The molecule has 0 spiro atoms. The number of pyridine rings is 1. The van der Waals surface area contributed by atoms with Crippen LogP contribution < -0.4 is 10.0 Å². The fraction of sp³-hybridized carbons (Fsp3) is 0.154. The summed E-state index contributed by atoms with van der Waals surface area (Å²) in [5, 5.41) is 0. The van der Waals surface area contributed by atoms with E-state index in [1.54, 1.807) is 0 Å². The van der Waals surface area contributed by atoms with Crippen LogP contribution in [-0.2, 0) is 16.6 Å². The smallest absolute Gasteiger partial charge is 0.265 e. The van der Waals surface area contributed by atoms with Gasteiger partial charge in [0.2, 0.25) is 0 Å². The van der Waals surface area contributed by atoms with E-state index in [9.17, 15) is 12.8 Å². The van der Waals surface area contributed by atoms with Crippen molar-refractivity contribution in [2.45, 2.75) is 11.4 Å². The molecule has 5 nitrogen and oxygen atoms in total. The molecule has 1 aromatic heterocycles. The van der Waals surface area contributed by atoms with Crippen LogP contribution in [0.4, 0.5) is 10.1 Å². The predicted molar refractivity (Wildman–Crippen MR) is 74.1 cm³/mol. The molecule has 106 valence electrons. The molecule has 0 aliphatic rings. The lowest BCUT2D eigenvalue weighted by atomic mass is 10.3. The fourth-order valence-corrected chi connectivity index (χ4v) is 3.14. The molecule has 0 aliphatic carbocycles. The first-order chi connectivity index (χ1) is 9.46. The zero-order valence-corrected chi connectivity index (χ0v) is 11.6. The predicted octanol–water partition coefficient (Wildman–Crippen LogP) is 1.50. The van der Waals surface area contributed by atoms with E-state index in [1.807, 2.05) is 0 Å². The van der Waals surface area contributed by atoms with E-state index in [4.69, 9.17) is 5.73 Å². The summed E-state index contributed by atoms with van der Waals surface area (Å²) in [6, 6.07) is 8.31. The molecular weight excluding hydrogens is 281 g/mol. The highest BCUT2D eigenvalue weighted by Crippen LogP contribution is 2.23. The van der Waals surface area contributed by atoms with Gasteiger partial charge in [-0.05, 0) is 30.3 Å². The van der Waals surface area contributed by atoms with Gasteiger partial charge in [0.05, 0.1) is 11.4 Å². The zero-order valence-electron chi connectivity index (χ0n) is 10.8. The Morgan fingerprint density at radius 2 is 2.05 bits per heavy atom. The van der Waals surface area contributed by atoms with E-state index in [2.05, 4.69) is 4.98 Å². The Labute approximate surface area is 116 Å². The monoisotopic (exact) mass is 295 g/mol. The minimum atomic E-state index is -3.83. The topological polar surface area (TPSA) is 76.3 Å². The van der Waals surface area contributed by atoms with Crippen LogP contribution in [0.5, 0.6) is 0 Å².